The summed E-state index contributed by atoms with van der Waals surface area (Å²) < 4.78 is 53.3. The summed E-state index contributed by atoms with van der Waals surface area (Å²) in [5.41, 5.74) is 0.713. The molecule has 2 bridgehead atoms. The van der Waals surface area contributed by atoms with Crippen molar-refractivity contribution in [1.29, 1.82) is 5.26 Å². The number of amides is 2. The zero-order valence-corrected chi connectivity index (χ0v) is 31.8. The zero-order chi connectivity index (χ0) is 37.3. The van der Waals surface area contributed by atoms with Gasteiger partial charge in [-0.05, 0) is 74.7 Å². The second-order valence-corrected chi connectivity index (χ2v) is 21.3. The maximum atomic E-state index is 14.1. The molecule has 16 heteroatoms. The highest BCUT2D eigenvalue weighted by Gasteiger charge is 2.54. The predicted molar refractivity (Wildman–Crippen MR) is 190 cm³/mol. The molecule has 2 amide bonds. The van der Waals surface area contributed by atoms with E-state index in [1.165, 1.54) is 7.11 Å². The van der Waals surface area contributed by atoms with Crippen LogP contribution in [0.2, 0.25) is 30.7 Å². The van der Waals surface area contributed by atoms with Gasteiger partial charge in [0.05, 0.1) is 25.4 Å². The third-order valence-electron chi connectivity index (χ3n) is 10.4. The average Bonchev–Trinajstić information content (AvgIpc) is 3.43. The molecule has 2 heterocycles. The molecule has 8 atom stereocenters. The van der Waals surface area contributed by atoms with Gasteiger partial charge in [-0.2, -0.15) is 18.4 Å². The number of aliphatic hydroxyl groups is 1. The van der Waals surface area contributed by atoms with Crippen LogP contribution in [0, 0.1) is 17.2 Å². The number of fused-ring (bicyclic) bond motifs is 4. The SMILES string of the molecule is COC(=O)NC1CCC2C3NC(C(NCC[C@@H](O)c4cccc(Cl)c4)CCCCCN(C(=O)C(F)(F)F)C2C1)N(COCC[Si](C)(C)C)C3C#N. The van der Waals surface area contributed by atoms with Crippen LogP contribution in [0.4, 0.5) is 18.0 Å². The van der Waals surface area contributed by atoms with E-state index in [1.54, 1.807) is 18.2 Å². The lowest BCUT2D eigenvalue weighted by Crippen LogP contribution is -2.60. The van der Waals surface area contributed by atoms with E-state index in [-0.39, 0.29) is 25.7 Å². The van der Waals surface area contributed by atoms with Gasteiger partial charge in [-0.3, -0.25) is 10.1 Å². The quantitative estimate of drug-likeness (QED) is 0.173. The minimum absolute atomic E-state index is 0.0920. The first-order chi connectivity index (χ1) is 24.1. The number of halogens is 4. The lowest BCUT2D eigenvalue weighted by Gasteiger charge is -2.45. The third kappa shape index (κ3) is 11.5. The van der Waals surface area contributed by atoms with Gasteiger partial charge in [-0.25, -0.2) is 9.69 Å². The largest absolute Gasteiger partial charge is 0.471 e. The van der Waals surface area contributed by atoms with Crippen molar-refractivity contribution in [3.05, 3.63) is 34.9 Å². The number of hydrogen-bond acceptors (Lipinski definition) is 9. The van der Waals surface area contributed by atoms with Crippen molar-refractivity contribution in [2.75, 3.05) is 33.5 Å². The van der Waals surface area contributed by atoms with Gasteiger partial charge in [-0.15, -0.1) is 0 Å². The molecule has 3 fully saturated rings. The van der Waals surface area contributed by atoms with E-state index in [0.29, 0.717) is 68.7 Å². The van der Waals surface area contributed by atoms with Crippen LogP contribution in [0.25, 0.3) is 0 Å². The fourth-order valence-corrected chi connectivity index (χ4v) is 8.65. The van der Waals surface area contributed by atoms with Crippen molar-refractivity contribution in [3.63, 3.8) is 0 Å². The number of aliphatic hydroxyl groups excluding tert-OH is 1. The molecule has 2 aliphatic heterocycles. The van der Waals surface area contributed by atoms with Gasteiger partial charge in [0.15, 0.2) is 0 Å². The van der Waals surface area contributed by atoms with Gasteiger partial charge in [0, 0.05) is 50.4 Å². The monoisotopic (exact) mass is 758 g/mol. The number of nitrogens with one attached hydrogen (secondary N) is 3. The van der Waals surface area contributed by atoms with E-state index in [0.717, 1.165) is 10.9 Å². The number of nitriles is 1. The molecule has 2 saturated heterocycles. The Hall–Kier alpha value is -2.45. The summed E-state index contributed by atoms with van der Waals surface area (Å²) in [6.07, 6.45) is -3.34. The number of carbonyl (C=O) groups excluding carboxylic acids is 2. The first kappa shape index (κ1) is 41.3. The number of benzene rings is 1. The van der Waals surface area contributed by atoms with E-state index in [1.807, 2.05) is 11.0 Å². The number of methoxy groups -OCH3 is 1. The molecule has 7 unspecified atom stereocenters. The second kappa shape index (κ2) is 18.5. The maximum Gasteiger partial charge on any atom is 0.471 e. The Bertz CT molecular complexity index is 1350. The number of alkyl carbamates (subject to hydrolysis) is 1. The van der Waals surface area contributed by atoms with Crippen molar-refractivity contribution in [2.45, 2.75) is 126 Å². The molecule has 4 rings (SSSR count). The molecule has 51 heavy (non-hydrogen) atoms. The van der Waals surface area contributed by atoms with E-state index >= 15 is 0 Å². The summed E-state index contributed by atoms with van der Waals surface area (Å²) in [5, 5.41) is 32.2. The first-order valence-corrected chi connectivity index (χ1v) is 22.1. The number of rotatable bonds is 11. The topological polar surface area (TPSA) is 139 Å². The number of alkyl halides is 3. The number of hydrogen-bond donors (Lipinski definition) is 4. The van der Waals surface area contributed by atoms with Gasteiger partial charge in [0.25, 0.3) is 0 Å². The van der Waals surface area contributed by atoms with Crippen LogP contribution in [0.5, 0.6) is 0 Å². The summed E-state index contributed by atoms with van der Waals surface area (Å²) >= 11 is 6.15. The first-order valence-electron chi connectivity index (χ1n) is 18.0. The molecular formula is C35H54ClF3N6O5Si. The molecule has 0 spiro atoms. The molecule has 1 saturated carbocycles. The molecule has 1 aromatic rings. The Labute approximate surface area is 305 Å². The summed E-state index contributed by atoms with van der Waals surface area (Å²) in [6, 6.07) is 7.55. The summed E-state index contributed by atoms with van der Waals surface area (Å²) in [5.74, 6) is -2.42. The standard InChI is InChI=1S/C35H54ClF3N6O5Si/c1-49-34(48)42-25-12-13-26-28(20-25)44(33(47)35(37,38)39)16-7-5-6-11-27(41-15-14-30(46)23-9-8-10-24(36)19-23)32-43-31(26)29(21-40)45(32)22-50-17-18-51(2,3)4/h8-10,19,25-32,41,43,46H,5-7,11-18,20,22H2,1-4H3,(H,42,48)/t25?,26?,27?,28?,29?,30-,31?,32?/m1/s1. The number of carbonyl (C=O) groups is 2. The number of ether oxygens (including phenoxy) is 2. The summed E-state index contributed by atoms with van der Waals surface area (Å²) in [7, 11) is -0.194. The molecule has 0 radical (unpaired) electrons. The van der Waals surface area contributed by atoms with Crippen LogP contribution in [0.15, 0.2) is 24.3 Å². The molecule has 3 aliphatic rings. The van der Waals surface area contributed by atoms with Crippen molar-refractivity contribution >= 4 is 31.7 Å². The van der Waals surface area contributed by atoms with Crippen LogP contribution >= 0.6 is 11.6 Å². The van der Waals surface area contributed by atoms with Crippen molar-refractivity contribution in [3.8, 4) is 6.07 Å². The van der Waals surface area contributed by atoms with Crippen molar-refractivity contribution < 1.29 is 37.3 Å². The van der Waals surface area contributed by atoms with Gasteiger partial charge in [0.2, 0.25) is 0 Å². The second-order valence-electron chi connectivity index (χ2n) is 15.2. The minimum atomic E-state index is -5.08. The van der Waals surface area contributed by atoms with Crippen LogP contribution in [-0.2, 0) is 14.3 Å². The van der Waals surface area contributed by atoms with E-state index in [9.17, 15) is 33.1 Å². The molecule has 4 N–H and O–H groups in total. The van der Waals surface area contributed by atoms with Gasteiger partial charge < -0.3 is 30.1 Å². The Morgan fingerprint density at radius 2 is 1.96 bits per heavy atom. The highest BCUT2D eigenvalue weighted by Crippen LogP contribution is 2.39. The molecule has 1 aliphatic carbocycles. The van der Waals surface area contributed by atoms with Crippen molar-refractivity contribution in [2.24, 2.45) is 5.92 Å². The molecular weight excluding hydrogens is 705 g/mol. The van der Waals surface area contributed by atoms with E-state index in [4.69, 9.17) is 21.1 Å². The fourth-order valence-electron chi connectivity index (χ4n) is 7.70. The van der Waals surface area contributed by atoms with Crippen LogP contribution in [0.3, 0.4) is 0 Å². The summed E-state index contributed by atoms with van der Waals surface area (Å²) in [6.45, 7) is 7.80. The van der Waals surface area contributed by atoms with Crippen LogP contribution in [-0.4, -0.2) is 111 Å². The molecule has 0 aromatic heterocycles. The normalized spacial score (nSPS) is 28.5. The average molecular weight is 759 g/mol. The third-order valence-corrected chi connectivity index (χ3v) is 12.3. The minimum Gasteiger partial charge on any atom is -0.453 e. The van der Waals surface area contributed by atoms with Crippen molar-refractivity contribution in [1.82, 2.24) is 25.8 Å². The van der Waals surface area contributed by atoms with Gasteiger partial charge in [-0.1, -0.05) is 56.2 Å². The van der Waals surface area contributed by atoms with E-state index in [2.05, 4.69) is 41.7 Å². The van der Waals surface area contributed by atoms with Crippen LogP contribution < -0.4 is 16.0 Å². The van der Waals surface area contributed by atoms with Gasteiger partial charge >= 0.3 is 18.2 Å². The number of nitrogens with zero attached hydrogens (tertiary/aromatic N) is 3. The molecule has 11 nitrogen and oxygen atoms in total. The fraction of sp³-hybridized carbons (Fsp3) is 0.743. The predicted octanol–water partition coefficient (Wildman–Crippen LogP) is 5.38. The van der Waals surface area contributed by atoms with E-state index < -0.39 is 68.6 Å². The lowest BCUT2D eigenvalue weighted by atomic mass is 9.75. The Balaban J connectivity index is 1.65. The smallest absolute Gasteiger partial charge is 0.453 e. The summed E-state index contributed by atoms with van der Waals surface area (Å²) in [4.78, 5) is 28.1. The maximum absolute atomic E-state index is 14.1. The Morgan fingerprint density at radius 3 is 2.63 bits per heavy atom. The Morgan fingerprint density at radius 1 is 1.20 bits per heavy atom. The molecule has 1 aromatic carbocycles. The zero-order valence-electron chi connectivity index (χ0n) is 30.1. The van der Waals surface area contributed by atoms with Crippen LogP contribution in [0.1, 0.15) is 63.0 Å². The highest BCUT2D eigenvalue weighted by molar-refractivity contribution is 6.76. The highest BCUT2D eigenvalue weighted by atomic mass is 35.5. The Kier molecular flexibility index (Phi) is 15.0. The molecule has 286 valence electrons. The van der Waals surface area contributed by atoms with Gasteiger partial charge in [0.1, 0.15) is 12.8 Å². The lowest BCUT2D eigenvalue weighted by molar-refractivity contribution is -0.190.